The number of methoxy groups -OCH3 is 1. The highest BCUT2D eigenvalue weighted by Gasteiger charge is 2.20. The van der Waals surface area contributed by atoms with Crippen molar-refractivity contribution in [3.05, 3.63) is 65.2 Å². The summed E-state index contributed by atoms with van der Waals surface area (Å²) < 4.78 is 10.7. The van der Waals surface area contributed by atoms with E-state index in [-0.39, 0.29) is 6.61 Å². The van der Waals surface area contributed by atoms with Crippen molar-refractivity contribution in [2.75, 3.05) is 13.7 Å². The standard InChI is InChI=1S/C19H22N2O4/c1-13-9-10-16(14(2)11-13)25-12-17(22)20-21-19(23)18(24-3)15-7-5-4-6-8-15/h4-11,18H,12H2,1-3H3,(H,20,22)(H,21,23)/t18-/m0/s1. The molecule has 0 aliphatic heterocycles. The number of carbonyl (C=O) groups excluding carboxylic acids is 2. The van der Waals surface area contributed by atoms with Crippen LogP contribution in [0.15, 0.2) is 48.5 Å². The number of aryl methyl sites for hydroxylation is 2. The lowest BCUT2D eigenvalue weighted by atomic mass is 10.1. The van der Waals surface area contributed by atoms with E-state index in [1.165, 1.54) is 7.11 Å². The first kappa shape index (κ1) is 18.5. The molecule has 0 radical (unpaired) electrons. The minimum atomic E-state index is -0.804. The lowest BCUT2D eigenvalue weighted by molar-refractivity contribution is -0.136. The van der Waals surface area contributed by atoms with Crippen molar-refractivity contribution in [3.63, 3.8) is 0 Å². The molecule has 0 aliphatic rings. The summed E-state index contributed by atoms with van der Waals surface area (Å²) in [6.45, 7) is 3.69. The number of carbonyl (C=O) groups is 2. The summed E-state index contributed by atoms with van der Waals surface area (Å²) in [7, 11) is 1.43. The predicted octanol–water partition coefficient (Wildman–Crippen LogP) is 2.22. The lowest BCUT2D eigenvalue weighted by Gasteiger charge is -2.16. The second kappa shape index (κ2) is 8.84. The van der Waals surface area contributed by atoms with Crippen LogP contribution in [-0.2, 0) is 14.3 Å². The molecule has 0 saturated heterocycles. The maximum absolute atomic E-state index is 12.2. The Balaban J connectivity index is 1.83. The van der Waals surface area contributed by atoms with Crippen molar-refractivity contribution < 1.29 is 19.1 Å². The molecule has 0 heterocycles. The number of ether oxygens (including phenoxy) is 2. The molecule has 2 amide bonds. The van der Waals surface area contributed by atoms with Crippen molar-refractivity contribution >= 4 is 11.8 Å². The number of hydrazine groups is 1. The molecule has 2 aromatic rings. The zero-order valence-electron chi connectivity index (χ0n) is 14.5. The first-order valence-corrected chi connectivity index (χ1v) is 7.87. The maximum atomic E-state index is 12.2. The Bertz CT molecular complexity index is 731. The van der Waals surface area contributed by atoms with Crippen LogP contribution in [0.1, 0.15) is 22.8 Å². The second-order valence-electron chi connectivity index (χ2n) is 5.62. The van der Waals surface area contributed by atoms with Gasteiger partial charge in [0.2, 0.25) is 0 Å². The van der Waals surface area contributed by atoms with Gasteiger partial charge in [-0.25, -0.2) is 0 Å². The molecule has 0 aromatic heterocycles. The summed E-state index contributed by atoms with van der Waals surface area (Å²) in [6, 6.07) is 14.7. The highest BCUT2D eigenvalue weighted by Crippen LogP contribution is 2.18. The summed E-state index contributed by atoms with van der Waals surface area (Å²) in [5.41, 5.74) is 7.43. The summed E-state index contributed by atoms with van der Waals surface area (Å²) in [6.07, 6.45) is -0.804. The van der Waals surface area contributed by atoms with Gasteiger partial charge in [0, 0.05) is 7.11 Å². The Kier molecular flexibility index (Phi) is 6.54. The smallest absolute Gasteiger partial charge is 0.276 e. The molecule has 1 atom stereocenters. The van der Waals surface area contributed by atoms with Gasteiger partial charge < -0.3 is 9.47 Å². The van der Waals surface area contributed by atoms with Gasteiger partial charge in [-0.2, -0.15) is 0 Å². The SMILES string of the molecule is CO[C@H](C(=O)NNC(=O)COc1ccc(C)cc1C)c1ccccc1. The van der Waals surface area contributed by atoms with Crippen molar-refractivity contribution in [2.24, 2.45) is 0 Å². The first-order valence-electron chi connectivity index (χ1n) is 7.87. The molecule has 0 aliphatic carbocycles. The molecule has 0 spiro atoms. The molecule has 132 valence electrons. The second-order valence-corrected chi connectivity index (χ2v) is 5.62. The fraction of sp³-hybridized carbons (Fsp3) is 0.263. The minimum Gasteiger partial charge on any atom is -0.483 e. The van der Waals surface area contributed by atoms with E-state index in [0.717, 1.165) is 11.1 Å². The van der Waals surface area contributed by atoms with Gasteiger partial charge in [-0.15, -0.1) is 0 Å². The third-order valence-electron chi connectivity index (χ3n) is 3.59. The van der Waals surface area contributed by atoms with E-state index in [0.29, 0.717) is 11.3 Å². The van der Waals surface area contributed by atoms with E-state index in [2.05, 4.69) is 10.9 Å². The summed E-state index contributed by atoms with van der Waals surface area (Å²) in [5, 5.41) is 0. The third kappa shape index (κ3) is 5.32. The van der Waals surface area contributed by atoms with Crippen LogP contribution in [0.2, 0.25) is 0 Å². The van der Waals surface area contributed by atoms with Crippen LogP contribution >= 0.6 is 0 Å². The van der Waals surface area contributed by atoms with Gasteiger partial charge in [0.05, 0.1) is 0 Å². The van der Waals surface area contributed by atoms with Crippen LogP contribution in [-0.4, -0.2) is 25.5 Å². The molecular formula is C19H22N2O4. The molecular weight excluding hydrogens is 320 g/mol. The number of rotatable bonds is 6. The molecule has 6 nitrogen and oxygen atoms in total. The van der Waals surface area contributed by atoms with E-state index in [9.17, 15) is 9.59 Å². The third-order valence-corrected chi connectivity index (χ3v) is 3.59. The summed E-state index contributed by atoms with van der Waals surface area (Å²) in [4.78, 5) is 24.0. The van der Waals surface area contributed by atoms with Gasteiger partial charge in [0.15, 0.2) is 12.7 Å². The predicted molar refractivity (Wildman–Crippen MR) is 93.9 cm³/mol. The molecule has 0 unspecified atom stereocenters. The highest BCUT2D eigenvalue weighted by molar-refractivity contribution is 5.86. The van der Waals surface area contributed by atoms with Crippen LogP contribution in [0.3, 0.4) is 0 Å². The Morgan fingerprint density at radius 3 is 2.40 bits per heavy atom. The van der Waals surface area contributed by atoms with Crippen LogP contribution in [0, 0.1) is 13.8 Å². The van der Waals surface area contributed by atoms with Gasteiger partial charge in [-0.1, -0.05) is 48.0 Å². The average molecular weight is 342 g/mol. The van der Waals surface area contributed by atoms with Crippen LogP contribution in [0.4, 0.5) is 0 Å². The van der Waals surface area contributed by atoms with Gasteiger partial charge in [-0.05, 0) is 31.0 Å². The van der Waals surface area contributed by atoms with Gasteiger partial charge in [0.25, 0.3) is 11.8 Å². The lowest BCUT2D eigenvalue weighted by Crippen LogP contribution is -2.46. The molecule has 6 heteroatoms. The zero-order valence-corrected chi connectivity index (χ0v) is 14.5. The molecule has 2 aromatic carbocycles. The van der Waals surface area contributed by atoms with Crippen molar-refractivity contribution in [2.45, 2.75) is 20.0 Å². The molecule has 2 rings (SSSR count). The number of nitrogens with one attached hydrogen (secondary N) is 2. The van der Waals surface area contributed by atoms with Crippen LogP contribution in [0.5, 0.6) is 5.75 Å². The Labute approximate surface area is 147 Å². The fourth-order valence-electron chi connectivity index (χ4n) is 2.36. The summed E-state index contributed by atoms with van der Waals surface area (Å²) >= 11 is 0. The molecule has 0 bridgehead atoms. The monoisotopic (exact) mass is 342 g/mol. The quantitative estimate of drug-likeness (QED) is 0.789. The van der Waals surface area contributed by atoms with E-state index in [1.807, 2.05) is 50.2 Å². The van der Waals surface area contributed by atoms with Crippen molar-refractivity contribution in [3.8, 4) is 5.75 Å². The van der Waals surface area contributed by atoms with Gasteiger partial charge >= 0.3 is 0 Å². The molecule has 25 heavy (non-hydrogen) atoms. The minimum absolute atomic E-state index is 0.201. The van der Waals surface area contributed by atoms with E-state index >= 15 is 0 Å². The molecule has 2 N–H and O–H groups in total. The van der Waals surface area contributed by atoms with Crippen molar-refractivity contribution in [1.82, 2.24) is 10.9 Å². The van der Waals surface area contributed by atoms with Crippen LogP contribution < -0.4 is 15.6 Å². The van der Waals surface area contributed by atoms with E-state index in [1.54, 1.807) is 12.1 Å². The Hall–Kier alpha value is -2.86. The number of hydrogen-bond acceptors (Lipinski definition) is 4. The molecule has 0 saturated carbocycles. The largest absolute Gasteiger partial charge is 0.483 e. The normalized spacial score (nSPS) is 11.5. The Morgan fingerprint density at radius 2 is 1.76 bits per heavy atom. The van der Waals surface area contributed by atoms with Gasteiger partial charge in [-0.3, -0.25) is 20.4 Å². The molecule has 0 fully saturated rings. The van der Waals surface area contributed by atoms with E-state index in [4.69, 9.17) is 9.47 Å². The number of amides is 2. The van der Waals surface area contributed by atoms with Crippen LogP contribution in [0.25, 0.3) is 0 Å². The Morgan fingerprint density at radius 1 is 1.04 bits per heavy atom. The first-order chi connectivity index (χ1) is 12.0. The number of benzene rings is 2. The highest BCUT2D eigenvalue weighted by atomic mass is 16.5. The summed E-state index contributed by atoms with van der Waals surface area (Å²) in [5.74, 6) is -0.295. The van der Waals surface area contributed by atoms with Gasteiger partial charge in [0.1, 0.15) is 5.75 Å². The fourth-order valence-corrected chi connectivity index (χ4v) is 2.36. The van der Waals surface area contributed by atoms with Crippen molar-refractivity contribution in [1.29, 1.82) is 0 Å². The topological polar surface area (TPSA) is 76.7 Å². The maximum Gasteiger partial charge on any atom is 0.276 e. The van der Waals surface area contributed by atoms with E-state index < -0.39 is 17.9 Å². The number of hydrogen-bond donors (Lipinski definition) is 2. The average Bonchev–Trinajstić information content (AvgIpc) is 2.61. The zero-order chi connectivity index (χ0) is 18.2.